The van der Waals surface area contributed by atoms with Gasteiger partial charge in [-0.15, -0.1) is 68.0 Å². The summed E-state index contributed by atoms with van der Waals surface area (Å²) < 4.78 is 11.5. The molecule has 6 atom stereocenters. The van der Waals surface area contributed by atoms with Crippen LogP contribution in [-0.4, -0.2) is 131 Å². The molecule has 8 heterocycles. The van der Waals surface area contributed by atoms with E-state index in [2.05, 4.69) is 26.6 Å². The van der Waals surface area contributed by atoms with Crippen LogP contribution in [0.3, 0.4) is 0 Å². The highest BCUT2D eigenvalue weighted by Gasteiger charge is 2.40. The van der Waals surface area contributed by atoms with Gasteiger partial charge in [-0.1, -0.05) is 44.2 Å². The number of carboxylic acids is 2. The number of carbonyl (C=O) groups is 8. The number of amides is 6. The van der Waals surface area contributed by atoms with Gasteiger partial charge in [-0.3, -0.25) is 38.5 Å². The molecule has 0 radical (unpaired) electrons. The Morgan fingerprint density at radius 3 is 2.08 bits per heavy atom. The number of nitrogens with one attached hydrogen (secondary N) is 5. The fourth-order valence-electron chi connectivity index (χ4n) is 11.2. The maximum absolute atomic E-state index is 14.5. The number of ether oxygens (including phenoxy) is 2. The minimum absolute atomic E-state index is 0.0110. The predicted octanol–water partition coefficient (Wildman–Crippen LogP) is 9.15. The summed E-state index contributed by atoms with van der Waals surface area (Å²) in [4.78, 5) is 145. The fourth-order valence-corrected chi connectivity index (χ4v) is 16.7. The van der Waals surface area contributed by atoms with Crippen molar-refractivity contribution in [1.29, 1.82) is 0 Å². The Balaban J connectivity index is 0.979. The number of aliphatic hydroxyl groups is 1. The van der Waals surface area contributed by atoms with Crippen LogP contribution >= 0.6 is 68.0 Å². The summed E-state index contributed by atoms with van der Waals surface area (Å²) in [6.07, 6.45) is -0.583. The van der Waals surface area contributed by atoms with Crippen LogP contribution in [0.25, 0.3) is 43.4 Å². The maximum atomic E-state index is 14.5. The lowest BCUT2D eigenvalue weighted by molar-refractivity contribution is -0.143. The number of carboxylic acid groups (broad SMARTS) is 2. The van der Waals surface area contributed by atoms with Gasteiger partial charge < -0.3 is 51.4 Å². The van der Waals surface area contributed by atoms with Crippen LogP contribution in [-0.2, 0) is 35.3 Å². The molecule has 6 amide bonds. The molecule has 0 spiro atoms. The zero-order chi connectivity index (χ0) is 65.8. The number of hydrogen-bond acceptors (Lipinski definition) is 24. The molecule has 0 saturated heterocycles. The van der Waals surface area contributed by atoms with Gasteiger partial charge in [0, 0.05) is 52.2 Å². The number of thiazole rings is 6. The van der Waals surface area contributed by atoms with E-state index < -0.39 is 102 Å². The molecule has 2 aliphatic carbocycles. The van der Waals surface area contributed by atoms with E-state index in [1.165, 1.54) is 53.1 Å². The average Bonchev–Trinajstić information content (AvgIpc) is 1.71. The van der Waals surface area contributed by atoms with Crippen molar-refractivity contribution in [3.63, 3.8) is 0 Å². The van der Waals surface area contributed by atoms with Gasteiger partial charge >= 0.3 is 18.0 Å². The number of benzene rings is 1. The van der Waals surface area contributed by atoms with E-state index in [0.29, 0.717) is 107 Å². The molecule has 1 aliphatic heterocycles. The Morgan fingerprint density at radius 2 is 1.35 bits per heavy atom. The number of hydrogen-bond donors (Lipinski definition) is 8. The van der Waals surface area contributed by atoms with E-state index in [-0.39, 0.29) is 53.3 Å². The molecule has 2 fully saturated rings. The lowest BCUT2D eigenvalue weighted by Crippen LogP contribution is -2.42. The number of carbonyl (C=O) groups excluding carboxylic acids is 6. The van der Waals surface area contributed by atoms with Crippen LogP contribution in [0.5, 0.6) is 0 Å². The highest BCUT2D eigenvalue weighted by Crippen LogP contribution is 2.42. The quantitative estimate of drug-likeness (QED) is 0.0533. The monoisotopic (exact) mass is 1380 g/mol. The predicted molar refractivity (Wildman–Crippen MR) is 348 cm³/mol. The van der Waals surface area contributed by atoms with E-state index in [9.17, 15) is 53.7 Å². The number of aromatic nitrogens is 7. The van der Waals surface area contributed by atoms with Crippen molar-refractivity contribution in [1.82, 2.24) is 61.5 Å². The zero-order valence-electron chi connectivity index (χ0n) is 50.6. The molecule has 2 saturated carbocycles. The molecular formula is C61H63N13O13S6. The van der Waals surface area contributed by atoms with E-state index in [1.807, 2.05) is 13.8 Å². The molecule has 1 aromatic carbocycles. The van der Waals surface area contributed by atoms with Gasteiger partial charge in [0.1, 0.15) is 88.3 Å². The van der Waals surface area contributed by atoms with Gasteiger partial charge in [0.15, 0.2) is 0 Å². The molecule has 11 rings (SSSR count). The molecular weight excluding hydrogens is 1320 g/mol. The highest BCUT2D eigenvalue weighted by molar-refractivity contribution is 7.15. The first-order valence-corrected chi connectivity index (χ1v) is 34.8. The second-order valence-electron chi connectivity index (χ2n) is 22.7. The second-order valence-corrected chi connectivity index (χ2v) is 28.5. The number of aliphatic carboxylic acids is 2. The normalized spacial score (nSPS) is 20.8. The average molecular weight is 1380 g/mol. The summed E-state index contributed by atoms with van der Waals surface area (Å²) >= 11 is 7.01. The Labute approximate surface area is 555 Å². The summed E-state index contributed by atoms with van der Waals surface area (Å²) in [5.41, 5.74) is 2.34. The Morgan fingerprint density at radius 1 is 0.667 bits per heavy atom. The zero-order valence-corrected chi connectivity index (χ0v) is 55.5. The smallest absolute Gasteiger partial charge is 0.416 e. The van der Waals surface area contributed by atoms with E-state index >= 15 is 0 Å². The van der Waals surface area contributed by atoms with Crippen LogP contribution in [0.4, 0.5) is 10.6 Å². The number of fused-ring (bicyclic) bond motifs is 14. The number of anilines is 1. The van der Waals surface area contributed by atoms with Crippen LogP contribution in [0, 0.1) is 24.7 Å². The van der Waals surface area contributed by atoms with Crippen LogP contribution in [0.2, 0.25) is 0 Å². The molecule has 8 aromatic rings. The Bertz CT molecular complexity index is 4120. The molecule has 486 valence electrons. The topological polar surface area (TPSA) is 369 Å². The first kappa shape index (κ1) is 66.1. The Hall–Kier alpha value is -8.37. The number of nitrogens with zero attached hydrogens (tertiary/aromatic N) is 8. The molecule has 10 bridgehead atoms. The van der Waals surface area contributed by atoms with E-state index in [4.69, 9.17) is 44.4 Å². The number of pyridine rings is 1. The van der Waals surface area contributed by atoms with Crippen LogP contribution in [0.1, 0.15) is 151 Å². The third-order valence-corrected chi connectivity index (χ3v) is 21.8. The van der Waals surface area contributed by atoms with Crippen LogP contribution in [0.15, 0.2) is 64.0 Å². The fraction of sp³-hybridized carbons (Fsp3) is 0.393. The second kappa shape index (κ2) is 28.9. The Kier molecular flexibility index (Phi) is 20.5. The minimum Gasteiger partial charge on any atom is -0.481 e. The molecule has 32 heteroatoms. The van der Waals surface area contributed by atoms with E-state index in [1.54, 1.807) is 70.9 Å². The van der Waals surface area contributed by atoms with Gasteiger partial charge in [-0.2, -0.15) is 0 Å². The van der Waals surface area contributed by atoms with Crippen molar-refractivity contribution in [2.45, 2.75) is 115 Å². The largest absolute Gasteiger partial charge is 0.481 e. The highest BCUT2D eigenvalue weighted by atomic mass is 32.1. The van der Waals surface area contributed by atoms with Gasteiger partial charge in [0.25, 0.3) is 17.7 Å². The minimum atomic E-state index is -1.31. The molecule has 3 unspecified atom stereocenters. The SMILES string of the molecule is CNC(=O)C[C@@H]1NC(=O)c2csc(n2)-c2ccc(-c3nc(N(C(=O)O[C@H]4CC[C@H](C(=O)O)CC4)C4CCC(C(=O)O)C4)cs3)nc2-c2csc(n2)-c2csc(n2)[C@H]([C@@H](O)c2ccccc2)NC(=O)CNC(=O)c2nc(sc2COC)C(C(C)C)NC(=O)c2nc1sc2C. The number of aryl methyl sites for hydroxylation is 1. The van der Waals surface area contributed by atoms with Gasteiger partial charge in [0.05, 0.1) is 54.1 Å². The van der Waals surface area contributed by atoms with Crippen molar-refractivity contribution >= 4 is 121 Å². The lowest BCUT2D eigenvalue weighted by atomic mass is 9.87. The first-order valence-electron chi connectivity index (χ1n) is 29.6. The lowest BCUT2D eigenvalue weighted by Gasteiger charge is -2.31. The van der Waals surface area contributed by atoms with Crippen molar-refractivity contribution in [2.75, 3.05) is 25.6 Å². The summed E-state index contributed by atoms with van der Waals surface area (Å²) in [5, 5.41) is 54.5. The summed E-state index contributed by atoms with van der Waals surface area (Å²) in [6.45, 7) is 4.89. The third-order valence-electron chi connectivity index (χ3n) is 16.1. The van der Waals surface area contributed by atoms with Crippen molar-refractivity contribution < 1.29 is 63.1 Å². The van der Waals surface area contributed by atoms with Crippen molar-refractivity contribution in [2.24, 2.45) is 17.8 Å². The summed E-state index contributed by atoms with van der Waals surface area (Å²) in [7, 11) is 2.92. The van der Waals surface area contributed by atoms with Crippen molar-refractivity contribution in [3.05, 3.63) is 111 Å². The number of methoxy groups -OCH3 is 1. The summed E-state index contributed by atoms with van der Waals surface area (Å²) in [5.74, 6) is -6.16. The van der Waals surface area contributed by atoms with Crippen molar-refractivity contribution in [3.8, 4) is 43.4 Å². The molecule has 7 aromatic heterocycles. The third kappa shape index (κ3) is 14.9. The van der Waals surface area contributed by atoms with Gasteiger partial charge in [-0.05, 0) is 75.5 Å². The standard InChI is InChI=1S/C61H63N13O13S6/c1-27(2)44-58-73-47(40(93-58)22-86-5)51(79)63-21-43(76)70-48(49(77)29-9-7-6-8-10-29)57-68-39(25-90-57)55-66-37(23-89-55)46-34(53-67-38(24-88-53)50(78)65-36(20-42(75)62-4)56-72-45(28(3)92-56)52(80)71-44)17-18-35(64-46)54-69-41(26-91-54)74(32-14-11-31(19-32)60(83)84)61(85)87-33-15-12-30(13-16-33)59(81)82/h6-10,17-18,23-27,30-33,36,44,48-49,77H,11-16,19-22H2,1-5H3,(H,62,75)(H,63,79)(H,65,78)(H,70,76)(H,71,80)(H,81,82)(H,83,84)/t30-,31?,32?,33-,36-,44?,48-,49-/m0/s1. The number of rotatable bonds is 13. The summed E-state index contributed by atoms with van der Waals surface area (Å²) in [6, 6.07) is 8.71. The first-order chi connectivity index (χ1) is 44.7. The van der Waals surface area contributed by atoms with Gasteiger partial charge in [-0.25, -0.2) is 39.7 Å². The molecule has 93 heavy (non-hydrogen) atoms. The van der Waals surface area contributed by atoms with Crippen LogP contribution < -0.4 is 31.5 Å². The number of aliphatic hydroxyl groups excluding tert-OH is 1. The van der Waals surface area contributed by atoms with E-state index in [0.717, 1.165) is 34.0 Å². The molecule has 26 nitrogen and oxygen atoms in total. The van der Waals surface area contributed by atoms with Gasteiger partial charge in [0.2, 0.25) is 11.8 Å². The molecule has 8 N–H and O–H groups in total. The molecule has 3 aliphatic rings. The maximum Gasteiger partial charge on any atom is 0.416 e.